The highest BCUT2D eigenvalue weighted by molar-refractivity contribution is 6.32. The molecular formula is C20H25ClFNO3. The molecule has 0 radical (unpaired) electrons. The molecule has 0 fully saturated rings. The highest BCUT2D eigenvalue weighted by Gasteiger charge is 2.14. The summed E-state index contributed by atoms with van der Waals surface area (Å²) in [5.74, 6) is 0.648. The molecule has 0 spiro atoms. The predicted molar refractivity (Wildman–Crippen MR) is 101 cm³/mol. The first-order valence-corrected chi connectivity index (χ1v) is 9.16. The van der Waals surface area contributed by atoms with Crippen molar-refractivity contribution in [2.24, 2.45) is 0 Å². The molecule has 2 aromatic carbocycles. The van der Waals surface area contributed by atoms with Crippen LogP contribution in [0.3, 0.4) is 0 Å². The second-order valence-electron chi connectivity index (χ2n) is 5.83. The SMILES string of the molecule is CCOc1cc(CNCCCCO)cc(Cl)c1OCc1ccccc1F. The average molecular weight is 382 g/mol. The topological polar surface area (TPSA) is 50.7 Å². The molecule has 0 aliphatic rings. The number of hydrogen-bond acceptors (Lipinski definition) is 4. The molecule has 0 aliphatic carbocycles. The van der Waals surface area contributed by atoms with E-state index in [1.54, 1.807) is 18.2 Å². The van der Waals surface area contributed by atoms with Crippen LogP contribution in [0.1, 0.15) is 30.9 Å². The fourth-order valence-corrected chi connectivity index (χ4v) is 2.77. The summed E-state index contributed by atoms with van der Waals surface area (Å²) in [6, 6.07) is 10.2. The van der Waals surface area contributed by atoms with Gasteiger partial charge in [-0.15, -0.1) is 0 Å². The van der Waals surface area contributed by atoms with Gasteiger partial charge >= 0.3 is 0 Å². The molecule has 2 N–H and O–H groups in total. The molecule has 26 heavy (non-hydrogen) atoms. The van der Waals surface area contributed by atoms with Crippen LogP contribution in [0, 0.1) is 5.82 Å². The molecular weight excluding hydrogens is 357 g/mol. The Morgan fingerprint density at radius 1 is 1.15 bits per heavy atom. The molecule has 0 bridgehead atoms. The Hall–Kier alpha value is -1.82. The highest BCUT2D eigenvalue weighted by atomic mass is 35.5. The lowest BCUT2D eigenvalue weighted by molar-refractivity contribution is 0.265. The Morgan fingerprint density at radius 2 is 1.96 bits per heavy atom. The van der Waals surface area contributed by atoms with E-state index in [1.807, 2.05) is 19.1 Å². The van der Waals surface area contributed by atoms with Crippen LogP contribution in [-0.2, 0) is 13.2 Å². The molecule has 0 amide bonds. The minimum Gasteiger partial charge on any atom is -0.490 e. The van der Waals surface area contributed by atoms with Crippen LogP contribution >= 0.6 is 11.6 Å². The molecule has 0 unspecified atom stereocenters. The van der Waals surface area contributed by atoms with E-state index in [-0.39, 0.29) is 19.0 Å². The van der Waals surface area contributed by atoms with Crippen LogP contribution in [0.4, 0.5) is 4.39 Å². The molecule has 4 nitrogen and oxygen atoms in total. The van der Waals surface area contributed by atoms with Crippen LogP contribution in [-0.4, -0.2) is 24.9 Å². The Balaban J connectivity index is 2.06. The zero-order valence-corrected chi connectivity index (χ0v) is 15.7. The zero-order valence-electron chi connectivity index (χ0n) is 14.9. The van der Waals surface area contributed by atoms with Crippen LogP contribution in [0.25, 0.3) is 0 Å². The number of ether oxygens (including phenoxy) is 2. The van der Waals surface area contributed by atoms with Gasteiger partial charge in [0.2, 0.25) is 0 Å². The minimum atomic E-state index is -0.315. The van der Waals surface area contributed by atoms with Crippen molar-refractivity contribution in [1.29, 1.82) is 0 Å². The van der Waals surface area contributed by atoms with Gasteiger partial charge in [-0.2, -0.15) is 0 Å². The van der Waals surface area contributed by atoms with Crippen LogP contribution < -0.4 is 14.8 Å². The summed E-state index contributed by atoms with van der Waals surface area (Å²) in [5.41, 5.74) is 1.43. The Bertz CT molecular complexity index is 697. The van der Waals surface area contributed by atoms with Gasteiger partial charge in [0.25, 0.3) is 0 Å². The van der Waals surface area contributed by atoms with Crippen molar-refractivity contribution in [1.82, 2.24) is 5.32 Å². The van der Waals surface area contributed by atoms with E-state index in [0.717, 1.165) is 24.9 Å². The van der Waals surface area contributed by atoms with Crippen molar-refractivity contribution < 1.29 is 19.0 Å². The largest absolute Gasteiger partial charge is 0.490 e. The molecule has 142 valence electrons. The standard InChI is InChI=1S/C20H25ClFNO3/c1-2-25-19-12-15(13-23-9-5-6-10-24)11-17(21)20(19)26-14-16-7-3-4-8-18(16)22/h3-4,7-8,11-12,23-24H,2,5-6,9-10,13-14H2,1H3. The summed E-state index contributed by atoms with van der Waals surface area (Å²) >= 11 is 6.38. The number of aliphatic hydroxyl groups excluding tert-OH is 1. The van der Waals surface area contributed by atoms with Gasteiger partial charge in [0.15, 0.2) is 11.5 Å². The summed E-state index contributed by atoms with van der Waals surface area (Å²) < 4.78 is 25.2. The smallest absolute Gasteiger partial charge is 0.180 e. The maximum absolute atomic E-state index is 13.8. The van der Waals surface area contributed by atoms with Crippen LogP contribution in [0.15, 0.2) is 36.4 Å². The number of halogens is 2. The second kappa shape index (κ2) is 11.0. The summed E-state index contributed by atoms with van der Waals surface area (Å²) in [7, 11) is 0. The molecule has 0 atom stereocenters. The minimum absolute atomic E-state index is 0.0746. The maximum atomic E-state index is 13.8. The molecule has 0 saturated carbocycles. The van der Waals surface area contributed by atoms with Crippen LogP contribution in [0.2, 0.25) is 5.02 Å². The molecule has 0 heterocycles. The lowest BCUT2D eigenvalue weighted by Gasteiger charge is -2.16. The third-order valence-electron chi connectivity index (χ3n) is 3.79. The van der Waals surface area contributed by atoms with Crippen molar-refractivity contribution in [3.05, 3.63) is 58.4 Å². The fraction of sp³-hybridized carbons (Fsp3) is 0.400. The number of benzene rings is 2. The summed E-state index contributed by atoms with van der Waals surface area (Å²) in [6.45, 7) is 4.09. The Labute approximate surface area is 158 Å². The summed E-state index contributed by atoms with van der Waals surface area (Å²) in [5, 5.41) is 12.5. The van der Waals surface area contributed by atoms with Gasteiger partial charge in [0, 0.05) is 18.7 Å². The number of nitrogens with one attached hydrogen (secondary N) is 1. The second-order valence-corrected chi connectivity index (χ2v) is 6.23. The molecule has 6 heteroatoms. The van der Waals surface area contributed by atoms with E-state index >= 15 is 0 Å². The molecule has 2 aromatic rings. The first-order chi connectivity index (χ1) is 12.7. The third-order valence-corrected chi connectivity index (χ3v) is 4.07. The van der Waals surface area contributed by atoms with Crippen molar-refractivity contribution in [3.63, 3.8) is 0 Å². The quantitative estimate of drug-likeness (QED) is 0.569. The Morgan fingerprint density at radius 3 is 2.69 bits per heavy atom. The first kappa shape index (κ1) is 20.5. The van der Waals surface area contributed by atoms with Crippen molar-refractivity contribution in [3.8, 4) is 11.5 Å². The molecule has 0 saturated heterocycles. The Kier molecular flexibility index (Phi) is 8.68. The number of unbranched alkanes of at least 4 members (excludes halogenated alkanes) is 1. The van der Waals surface area contributed by atoms with Gasteiger partial charge in [0.05, 0.1) is 11.6 Å². The number of hydrogen-bond donors (Lipinski definition) is 2. The number of aliphatic hydroxyl groups is 1. The summed E-state index contributed by atoms with van der Waals surface area (Å²) in [6.07, 6.45) is 1.69. The van der Waals surface area contributed by atoms with Gasteiger partial charge in [-0.1, -0.05) is 29.8 Å². The van der Waals surface area contributed by atoms with Gasteiger partial charge in [-0.3, -0.25) is 0 Å². The van der Waals surface area contributed by atoms with Gasteiger partial charge in [0.1, 0.15) is 12.4 Å². The van der Waals surface area contributed by atoms with Gasteiger partial charge < -0.3 is 19.9 Å². The molecule has 0 aromatic heterocycles. The molecule has 0 aliphatic heterocycles. The van der Waals surface area contributed by atoms with Crippen molar-refractivity contribution >= 4 is 11.6 Å². The van der Waals surface area contributed by atoms with E-state index in [2.05, 4.69) is 5.32 Å². The highest BCUT2D eigenvalue weighted by Crippen LogP contribution is 2.37. The zero-order chi connectivity index (χ0) is 18.8. The van der Waals surface area contributed by atoms with E-state index < -0.39 is 0 Å². The van der Waals surface area contributed by atoms with Crippen LogP contribution in [0.5, 0.6) is 11.5 Å². The number of rotatable bonds is 11. The van der Waals surface area contributed by atoms with Gasteiger partial charge in [-0.05, 0) is 50.1 Å². The van der Waals surface area contributed by atoms with Gasteiger partial charge in [-0.25, -0.2) is 4.39 Å². The van der Waals surface area contributed by atoms with E-state index in [1.165, 1.54) is 6.07 Å². The third kappa shape index (κ3) is 6.16. The lowest BCUT2D eigenvalue weighted by Crippen LogP contribution is -2.15. The normalized spacial score (nSPS) is 10.8. The predicted octanol–water partition coefficient (Wildman–Crippen LogP) is 4.32. The lowest BCUT2D eigenvalue weighted by atomic mass is 10.2. The van der Waals surface area contributed by atoms with E-state index in [4.69, 9.17) is 26.2 Å². The monoisotopic (exact) mass is 381 g/mol. The summed E-state index contributed by atoms with van der Waals surface area (Å²) in [4.78, 5) is 0. The average Bonchev–Trinajstić information content (AvgIpc) is 2.62. The van der Waals surface area contributed by atoms with Crippen molar-refractivity contribution in [2.45, 2.75) is 32.9 Å². The van der Waals surface area contributed by atoms with E-state index in [0.29, 0.717) is 35.2 Å². The first-order valence-electron chi connectivity index (χ1n) is 8.78. The van der Waals surface area contributed by atoms with E-state index in [9.17, 15) is 4.39 Å². The van der Waals surface area contributed by atoms with Crippen molar-refractivity contribution in [2.75, 3.05) is 19.8 Å². The molecule has 2 rings (SSSR count). The maximum Gasteiger partial charge on any atom is 0.180 e. The fourth-order valence-electron chi connectivity index (χ4n) is 2.49.